The van der Waals surface area contributed by atoms with E-state index < -0.39 is 11.5 Å². The van der Waals surface area contributed by atoms with E-state index in [1.807, 2.05) is 0 Å². The van der Waals surface area contributed by atoms with Gasteiger partial charge in [-0.1, -0.05) is 0 Å². The molecule has 1 saturated heterocycles. The average molecular weight is 231 g/mol. The Kier molecular flexibility index (Phi) is 3.11. The quantitative estimate of drug-likeness (QED) is 0.740. The Morgan fingerprint density at radius 3 is 2.24 bits per heavy atom. The third kappa shape index (κ3) is 2.80. The Bertz CT molecular complexity index is 406. The highest BCUT2D eigenvalue weighted by Crippen LogP contribution is 2.24. The van der Waals surface area contributed by atoms with Gasteiger partial charge in [0.15, 0.2) is 0 Å². The summed E-state index contributed by atoms with van der Waals surface area (Å²) in [7, 11) is 5.63. The first kappa shape index (κ1) is 12.0. The summed E-state index contributed by atoms with van der Waals surface area (Å²) >= 11 is 0. The molecule has 1 aliphatic rings. The van der Waals surface area contributed by atoms with Crippen molar-refractivity contribution in [3.8, 4) is 0 Å². The van der Waals surface area contributed by atoms with Crippen LogP contribution in [-0.2, 0) is 0 Å². The topological polar surface area (TPSA) is 60.8 Å². The van der Waals surface area contributed by atoms with Gasteiger partial charge in [0.25, 0.3) is 0 Å². The molecule has 2 N–H and O–H groups in total. The van der Waals surface area contributed by atoms with Crippen molar-refractivity contribution < 1.29 is 15.0 Å². The summed E-state index contributed by atoms with van der Waals surface area (Å²) in [5, 5.41) is 18.4. The van der Waals surface area contributed by atoms with Gasteiger partial charge in [-0.3, -0.25) is 0 Å². The van der Waals surface area contributed by atoms with Crippen LogP contribution in [0.4, 0.5) is 5.69 Å². The lowest BCUT2D eigenvalue weighted by molar-refractivity contribution is 0.0697. The zero-order chi connectivity index (χ0) is 12.5. The first-order valence-electron chi connectivity index (χ1n) is 5.57. The number of aliphatic hydroxyl groups is 1. The molecule has 5 heteroatoms. The van der Waals surface area contributed by atoms with E-state index in [9.17, 15) is 9.90 Å². The summed E-state index contributed by atoms with van der Waals surface area (Å²) in [5.74, 6) is -0.925. The first-order chi connectivity index (χ1) is 7.98. The molecule has 2 rings (SSSR count). The summed E-state index contributed by atoms with van der Waals surface area (Å²) in [5.41, 5.74) is 0.184. The van der Waals surface area contributed by atoms with Crippen molar-refractivity contribution >= 4 is 19.5 Å². The molecule has 1 aromatic carbocycles. The predicted octanol–water partition coefficient (Wildman–Crippen LogP) is 0.842. The number of carboxylic acid groups (broad SMARTS) is 1. The normalized spacial score (nSPS) is 19.0. The van der Waals surface area contributed by atoms with Gasteiger partial charge in [0.05, 0.1) is 5.56 Å². The number of nitrogens with zero attached hydrogens (tertiary/aromatic N) is 1. The maximum Gasteiger partial charge on any atom is 0.335 e. The Hall–Kier alpha value is -1.49. The van der Waals surface area contributed by atoms with Crippen LogP contribution < -0.4 is 4.90 Å². The van der Waals surface area contributed by atoms with Crippen LogP contribution in [0.15, 0.2) is 24.3 Å². The highest BCUT2D eigenvalue weighted by atomic mass is 16.4. The van der Waals surface area contributed by atoms with Crippen LogP contribution in [0.5, 0.6) is 0 Å². The second-order valence-electron chi connectivity index (χ2n) is 4.44. The Balaban J connectivity index is 2.06. The SMILES string of the molecule is [B]C1(O)CCN(c2ccc(C(=O)O)cc2)CC1. The maximum atomic E-state index is 10.7. The number of carboxylic acids is 1. The third-order valence-corrected chi connectivity index (χ3v) is 3.11. The van der Waals surface area contributed by atoms with Crippen LogP contribution in [-0.4, -0.2) is 42.6 Å². The number of carbonyl (C=O) groups is 1. The van der Waals surface area contributed by atoms with Gasteiger partial charge in [-0.05, 0) is 37.1 Å². The van der Waals surface area contributed by atoms with E-state index in [1.165, 1.54) is 0 Å². The van der Waals surface area contributed by atoms with E-state index in [2.05, 4.69) is 4.90 Å². The first-order valence-corrected chi connectivity index (χ1v) is 5.57. The third-order valence-electron chi connectivity index (χ3n) is 3.11. The predicted molar refractivity (Wildman–Crippen MR) is 65.6 cm³/mol. The summed E-state index contributed by atoms with van der Waals surface area (Å²) in [6, 6.07) is 6.73. The molecule has 17 heavy (non-hydrogen) atoms. The van der Waals surface area contributed by atoms with Crippen molar-refractivity contribution in [2.24, 2.45) is 0 Å². The molecule has 88 valence electrons. The zero-order valence-electron chi connectivity index (χ0n) is 9.47. The Morgan fingerprint density at radius 1 is 1.24 bits per heavy atom. The van der Waals surface area contributed by atoms with Gasteiger partial charge in [-0.15, -0.1) is 0 Å². The fraction of sp³-hybridized carbons (Fsp3) is 0.417. The second-order valence-corrected chi connectivity index (χ2v) is 4.44. The van der Waals surface area contributed by atoms with Crippen molar-refractivity contribution in [2.45, 2.75) is 18.3 Å². The van der Waals surface area contributed by atoms with Crippen LogP contribution in [0.25, 0.3) is 0 Å². The summed E-state index contributed by atoms with van der Waals surface area (Å²) in [6.07, 6.45) is 1.04. The molecule has 4 nitrogen and oxygen atoms in total. The lowest BCUT2D eigenvalue weighted by Crippen LogP contribution is -2.44. The largest absolute Gasteiger partial charge is 0.478 e. The number of benzene rings is 1. The van der Waals surface area contributed by atoms with Crippen molar-refractivity contribution in [2.75, 3.05) is 18.0 Å². The molecule has 1 heterocycles. The van der Waals surface area contributed by atoms with Crippen LogP contribution in [0.3, 0.4) is 0 Å². The molecular formula is C12H14BNO3. The minimum absolute atomic E-state index is 0.279. The van der Waals surface area contributed by atoms with Crippen LogP contribution in [0.2, 0.25) is 0 Å². The number of rotatable bonds is 2. The summed E-state index contributed by atoms with van der Waals surface area (Å²) in [4.78, 5) is 12.8. The van der Waals surface area contributed by atoms with Crippen molar-refractivity contribution in [3.63, 3.8) is 0 Å². The molecule has 0 bridgehead atoms. The van der Waals surface area contributed by atoms with E-state index in [4.69, 9.17) is 13.0 Å². The van der Waals surface area contributed by atoms with Gasteiger partial charge >= 0.3 is 5.97 Å². The van der Waals surface area contributed by atoms with Crippen LogP contribution in [0, 0.1) is 0 Å². The van der Waals surface area contributed by atoms with Gasteiger partial charge < -0.3 is 15.1 Å². The monoisotopic (exact) mass is 231 g/mol. The Morgan fingerprint density at radius 2 is 1.76 bits per heavy atom. The van der Waals surface area contributed by atoms with Crippen molar-refractivity contribution in [1.29, 1.82) is 0 Å². The molecule has 0 aliphatic carbocycles. The molecule has 0 aromatic heterocycles. The maximum absolute atomic E-state index is 10.7. The smallest absolute Gasteiger partial charge is 0.335 e. The fourth-order valence-corrected chi connectivity index (χ4v) is 1.97. The molecule has 0 saturated carbocycles. The van der Waals surface area contributed by atoms with Gasteiger partial charge in [0.1, 0.15) is 7.85 Å². The minimum atomic E-state index is -1.06. The molecule has 0 unspecified atom stereocenters. The van der Waals surface area contributed by atoms with Crippen molar-refractivity contribution in [1.82, 2.24) is 0 Å². The van der Waals surface area contributed by atoms with Crippen LogP contribution in [0.1, 0.15) is 23.2 Å². The molecule has 1 aromatic rings. The molecular weight excluding hydrogens is 217 g/mol. The minimum Gasteiger partial charge on any atom is -0.478 e. The van der Waals surface area contributed by atoms with Gasteiger partial charge in [0, 0.05) is 24.3 Å². The molecule has 1 fully saturated rings. The van der Waals surface area contributed by atoms with Gasteiger partial charge in [-0.2, -0.15) is 0 Å². The lowest BCUT2D eigenvalue weighted by Gasteiger charge is -2.37. The zero-order valence-corrected chi connectivity index (χ0v) is 9.47. The Labute approximate surface area is 101 Å². The number of anilines is 1. The van der Waals surface area contributed by atoms with E-state index in [1.54, 1.807) is 24.3 Å². The number of hydrogen-bond acceptors (Lipinski definition) is 3. The van der Waals surface area contributed by atoms with Gasteiger partial charge in [-0.25, -0.2) is 4.79 Å². The molecule has 2 radical (unpaired) electrons. The fourth-order valence-electron chi connectivity index (χ4n) is 1.97. The van der Waals surface area contributed by atoms with E-state index >= 15 is 0 Å². The number of piperidine rings is 1. The van der Waals surface area contributed by atoms with Crippen LogP contribution >= 0.6 is 0 Å². The lowest BCUT2D eigenvalue weighted by atomic mass is 9.74. The number of hydrogen-bond donors (Lipinski definition) is 2. The summed E-state index contributed by atoms with van der Waals surface area (Å²) in [6.45, 7) is 1.36. The summed E-state index contributed by atoms with van der Waals surface area (Å²) < 4.78 is 0. The van der Waals surface area contributed by atoms with E-state index in [0.29, 0.717) is 25.9 Å². The van der Waals surface area contributed by atoms with Gasteiger partial charge in [0.2, 0.25) is 0 Å². The second kappa shape index (κ2) is 4.41. The van der Waals surface area contributed by atoms with E-state index in [-0.39, 0.29) is 5.56 Å². The average Bonchev–Trinajstić information content (AvgIpc) is 2.29. The molecule has 0 atom stereocenters. The van der Waals surface area contributed by atoms with E-state index in [0.717, 1.165) is 5.69 Å². The highest BCUT2D eigenvalue weighted by Gasteiger charge is 2.26. The highest BCUT2D eigenvalue weighted by molar-refractivity contribution is 6.14. The molecule has 0 amide bonds. The standard InChI is InChI=1S/C12H14BNO3/c13-12(17)5-7-14(8-6-12)10-3-1-9(2-4-10)11(15)16/h1-4,17H,5-8H2,(H,15,16). The van der Waals surface area contributed by atoms with Crippen molar-refractivity contribution in [3.05, 3.63) is 29.8 Å². The number of aromatic carboxylic acids is 1. The molecule has 1 aliphatic heterocycles. The molecule has 0 spiro atoms.